The van der Waals surface area contributed by atoms with Crippen LogP contribution in [-0.2, 0) is 22.7 Å². The normalized spacial score (nSPS) is 14.2. The lowest BCUT2D eigenvalue weighted by Crippen LogP contribution is -2.30. The van der Waals surface area contributed by atoms with E-state index in [9.17, 15) is 14.4 Å². The van der Waals surface area contributed by atoms with Crippen LogP contribution in [0.15, 0.2) is 24.3 Å². The summed E-state index contributed by atoms with van der Waals surface area (Å²) >= 11 is 4.00. The summed E-state index contributed by atoms with van der Waals surface area (Å²) < 4.78 is 0. The highest BCUT2D eigenvalue weighted by molar-refractivity contribution is 7.80. The summed E-state index contributed by atoms with van der Waals surface area (Å²) in [5.74, 6) is 0.271. The molecule has 1 aromatic carbocycles. The summed E-state index contributed by atoms with van der Waals surface area (Å²) in [6.07, 6.45) is 0.396. The summed E-state index contributed by atoms with van der Waals surface area (Å²) in [7, 11) is 0. The largest absolute Gasteiger partial charge is 0.352 e. The Hall–Kier alpha value is -2.02. The van der Waals surface area contributed by atoms with Crippen LogP contribution in [0, 0.1) is 0 Å². The third-order valence-corrected chi connectivity index (χ3v) is 3.35. The number of imide groups is 1. The Morgan fingerprint density at radius 2 is 1.90 bits per heavy atom. The molecule has 1 aromatic rings. The van der Waals surface area contributed by atoms with Crippen LogP contribution < -0.4 is 10.6 Å². The molecule has 0 spiro atoms. The molecule has 0 bridgehead atoms. The molecule has 1 heterocycles. The minimum Gasteiger partial charge on any atom is -0.352 e. The van der Waals surface area contributed by atoms with Crippen LogP contribution >= 0.6 is 12.6 Å². The third-order valence-electron chi connectivity index (χ3n) is 3.13. The van der Waals surface area contributed by atoms with Crippen molar-refractivity contribution in [2.24, 2.45) is 0 Å². The van der Waals surface area contributed by atoms with Gasteiger partial charge in [0.2, 0.25) is 11.8 Å². The second-order valence-electron chi connectivity index (χ2n) is 4.71. The van der Waals surface area contributed by atoms with E-state index in [1.165, 1.54) is 4.90 Å². The average Bonchev–Trinajstić information content (AvgIpc) is 2.79. The van der Waals surface area contributed by atoms with Gasteiger partial charge in [0.25, 0.3) is 0 Å². The van der Waals surface area contributed by atoms with Gasteiger partial charge in [-0.15, -0.1) is 0 Å². The molecule has 1 saturated heterocycles. The van der Waals surface area contributed by atoms with Gasteiger partial charge in [-0.25, -0.2) is 4.79 Å². The number of nitrogens with zero attached hydrogens (tertiary/aromatic N) is 1. The molecule has 0 aliphatic carbocycles. The van der Waals surface area contributed by atoms with Crippen molar-refractivity contribution in [3.05, 3.63) is 35.4 Å². The van der Waals surface area contributed by atoms with Crippen LogP contribution in [0.4, 0.5) is 4.79 Å². The van der Waals surface area contributed by atoms with Gasteiger partial charge in [-0.3, -0.25) is 14.5 Å². The molecule has 4 amide bonds. The van der Waals surface area contributed by atoms with Gasteiger partial charge in [0.1, 0.15) is 0 Å². The van der Waals surface area contributed by atoms with E-state index < -0.39 is 0 Å². The maximum absolute atomic E-state index is 11.5. The molecular formula is C14H17N3O3S. The number of nitrogens with one attached hydrogen (secondary N) is 2. The number of carbonyl (C=O) groups excluding carboxylic acids is 3. The molecule has 0 unspecified atom stereocenters. The van der Waals surface area contributed by atoms with Crippen molar-refractivity contribution >= 4 is 30.5 Å². The van der Waals surface area contributed by atoms with Gasteiger partial charge in [0.15, 0.2) is 0 Å². The van der Waals surface area contributed by atoms with Crippen LogP contribution in [0.2, 0.25) is 0 Å². The second-order valence-corrected chi connectivity index (χ2v) is 5.15. The molecular weight excluding hydrogens is 290 g/mol. The molecule has 1 aliphatic heterocycles. The maximum Gasteiger partial charge on any atom is 0.324 e. The molecule has 6 nitrogen and oxygen atoms in total. The van der Waals surface area contributed by atoms with E-state index >= 15 is 0 Å². The Balaban J connectivity index is 1.88. The zero-order valence-corrected chi connectivity index (χ0v) is 12.4. The minimum atomic E-state index is -0.358. The van der Waals surface area contributed by atoms with Crippen LogP contribution in [0.3, 0.4) is 0 Å². The number of amides is 4. The number of benzene rings is 1. The molecule has 0 atom stereocenters. The molecule has 0 saturated carbocycles. The predicted molar refractivity (Wildman–Crippen MR) is 80.7 cm³/mol. The zero-order valence-electron chi connectivity index (χ0n) is 11.5. The highest BCUT2D eigenvalue weighted by Gasteiger charge is 2.28. The lowest BCUT2D eigenvalue weighted by Gasteiger charge is -2.12. The summed E-state index contributed by atoms with van der Waals surface area (Å²) in [5.41, 5.74) is 1.83. The minimum absolute atomic E-state index is 0.0339. The molecule has 21 heavy (non-hydrogen) atoms. The fourth-order valence-electron chi connectivity index (χ4n) is 1.95. The number of carbonyl (C=O) groups is 3. The molecule has 1 fully saturated rings. The lowest BCUT2D eigenvalue weighted by molar-refractivity contribution is -0.125. The first-order valence-corrected chi connectivity index (χ1v) is 7.27. The smallest absolute Gasteiger partial charge is 0.324 e. The van der Waals surface area contributed by atoms with Crippen molar-refractivity contribution < 1.29 is 14.4 Å². The molecule has 7 heteroatoms. The van der Waals surface area contributed by atoms with Crippen LogP contribution in [0.5, 0.6) is 0 Å². The SMILES string of the molecule is O=C(CCS)NCc1ccc(CN2C(=O)CNC2=O)cc1. The molecule has 1 aliphatic rings. The number of thiol groups is 1. The van der Waals surface area contributed by atoms with Gasteiger partial charge in [-0.1, -0.05) is 24.3 Å². The van der Waals surface area contributed by atoms with E-state index in [0.717, 1.165) is 11.1 Å². The van der Waals surface area contributed by atoms with Gasteiger partial charge in [-0.2, -0.15) is 12.6 Å². The van der Waals surface area contributed by atoms with Gasteiger partial charge in [0, 0.05) is 13.0 Å². The predicted octanol–water partition coefficient (Wildman–Crippen LogP) is 0.674. The number of rotatable bonds is 6. The average molecular weight is 307 g/mol. The van der Waals surface area contributed by atoms with Crippen LogP contribution in [0.1, 0.15) is 17.5 Å². The molecule has 2 N–H and O–H groups in total. The van der Waals surface area contributed by atoms with Gasteiger partial charge in [0.05, 0.1) is 13.1 Å². The van der Waals surface area contributed by atoms with Crippen molar-refractivity contribution in [1.82, 2.24) is 15.5 Å². The van der Waals surface area contributed by atoms with Crippen molar-refractivity contribution in [2.45, 2.75) is 19.5 Å². The van der Waals surface area contributed by atoms with E-state index in [4.69, 9.17) is 0 Å². The Bertz CT molecular complexity index is 529. The monoisotopic (exact) mass is 307 g/mol. The Kier molecular flexibility index (Phi) is 5.21. The summed E-state index contributed by atoms with van der Waals surface area (Å²) in [6, 6.07) is 7.07. The lowest BCUT2D eigenvalue weighted by atomic mass is 10.1. The number of urea groups is 1. The van der Waals surface area contributed by atoms with Crippen molar-refractivity contribution in [3.8, 4) is 0 Å². The molecule has 0 aromatic heterocycles. The van der Waals surface area contributed by atoms with E-state index in [1.54, 1.807) is 0 Å². The fourth-order valence-corrected chi connectivity index (χ4v) is 2.15. The van der Waals surface area contributed by atoms with Gasteiger partial charge in [-0.05, 0) is 16.9 Å². The van der Waals surface area contributed by atoms with Gasteiger partial charge >= 0.3 is 6.03 Å². The standard InChI is InChI=1S/C14H17N3O3S/c18-12(5-6-21)15-7-10-1-3-11(4-2-10)9-17-13(19)8-16-14(17)20/h1-4,21H,5-9H2,(H,15,18)(H,16,20). The first kappa shape index (κ1) is 15.4. The van der Waals surface area contributed by atoms with Gasteiger partial charge < -0.3 is 10.6 Å². The first-order chi connectivity index (χ1) is 10.1. The van der Waals surface area contributed by atoms with E-state index in [2.05, 4.69) is 23.3 Å². The summed E-state index contributed by atoms with van der Waals surface area (Å²) in [5, 5.41) is 5.27. The molecule has 0 radical (unpaired) electrons. The van der Waals surface area contributed by atoms with E-state index in [0.29, 0.717) is 18.7 Å². The van der Waals surface area contributed by atoms with Crippen molar-refractivity contribution in [2.75, 3.05) is 12.3 Å². The van der Waals surface area contributed by atoms with Crippen LogP contribution in [-0.4, -0.2) is 35.0 Å². The van der Waals surface area contributed by atoms with Crippen molar-refractivity contribution in [1.29, 1.82) is 0 Å². The Morgan fingerprint density at radius 1 is 1.24 bits per heavy atom. The van der Waals surface area contributed by atoms with Crippen LogP contribution in [0.25, 0.3) is 0 Å². The highest BCUT2D eigenvalue weighted by atomic mass is 32.1. The molecule has 2 rings (SSSR count). The quantitative estimate of drug-likeness (QED) is 0.534. The number of hydrogen-bond donors (Lipinski definition) is 3. The second kappa shape index (κ2) is 7.12. The Labute approximate surface area is 128 Å². The first-order valence-electron chi connectivity index (χ1n) is 6.63. The van der Waals surface area contributed by atoms with E-state index in [1.807, 2.05) is 24.3 Å². The summed E-state index contributed by atoms with van der Waals surface area (Å²) in [6.45, 7) is 0.779. The molecule has 112 valence electrons. The highest BCUT2D eigenvalue weighted by Crippen LogP contribution is 2.10. The zero-order chi connectivity index (χ0) is 15.2. The maximum atomic E-state index is 11.5. The Morgan fingerprint density at radius 3 is 2.48 bits per heavy atom. The third kappa shape index (κ3) is 4.22. The summed E-state index contributed by atoms with van der Waals surface area (Å²) in [4.78, 5) is 35.4. The van der Waals surface area contributed by atoms with Crippen molar-refractivity contribution in [3.63, 3.8) is 0 Å². The topological polar surface area (TPSA) is 78.5 Å². The van der Waals surface area contributed by atoms with E-state index in [-0.39, 0.29) is 30.9 Å². The fraction of sp³-hybridized carbons (Fsp3) is 0.357. The number of hydrogen-bond acceptors (Lipinski definition) is 4.